The molecule has 0 aromatic carbocycles. The van der Waals surface area contributed by atoms with Crippen molar-refractivity contribution in [3.63, 3.8) is 0 Å². The number of rotatable bonds is 5. The third kappa shape index (κ3) is 3.74. The Labute approximate surface area is 127 Å². The number of methoxy groups -OCH3 is 1. The molecule has 4 heteroatoms. The largest absolute Gasteiger partial charge is 0.481 e. The van der Waals surface area contributed by atoms with Crippen molar-refractivity contribution in [1.82, 2.24) is 15.6 Å². The van der Waals surface area contributed by atoms with Gasteiger partial charge in [0.1, 0.15) is 0 Å². The number of nitrogens with one attached hydrogen (secondary N) is 2. The number of hydrogen-bond acceptors (Lipinski definition) is 4. The van der Waals surface area contributed by atoms with Gasteiger partial charge >= 0.3 is 0 Å². The Kier molecular flexibility index (Phi) is 5.09. The topological polar surface area (TPSA) is 46.2 Å². The monoisotopic (exact) mass is 289 g/mol. The summed E-state index contributed by atoms with van der Waals surface area (Å²) in [5.41, 5.74) is 1.26. The van der Waals surface area contributed by atoms with E-state index < -0.39 is 0 Å². The van der Waals surface area contributed by atoms with Crippen molar-refractivity contribution in [2.45, 2.75) is 57.2 Å². The molecule has 0 radical (unpaired) electrons. The molecule has 3 unspecified atom stereocenters. The van der Waals surface area contributed by atoms with E-state index in [-0.39, 0.29) is 0 Å². The first-order chi connectivity index (χ1) is 10.4. The predicted octanol–water partition coefficient (Wildman–Crippen LogP) is 2.49. The average molecular weight is 289 g/mol. The molecule has 21 heavy (non-hydrogen) atoms. The van der Waals surface area contributed by atoms with Crippen molar-refractivity contribution >= 4 is 0 Å². The lowest BCUT2D eigenvalue weighted by Crippen LogP contribution is -2.46. The zero-order valence-electron chi connectivity index (χ0n) is 13.0. The molecular weight excluding hydrogens is 262 g/mol. The molecule has 1 saturated carbocycles. The molecule has 2 fully saturated rings. The third-order valence-electron chi connectivity index (χ3n) is 5.01. The van der Waals surface area contributed by atoms with Crippen molar-refractivity contribution in [2.24, 2.45) is 5.92 Å². The van der Waals surface area contributed by atoms with Crippen molar-refractivity contribution < 1.29 is 4.74 Å². The van der Waals surface area contributed by atoms with Crippen molar-refractivity contribution in [1.29, 1.82) is 0 Å². The van der Waals surface area contributed by atoms with Crippen LogP contribution in [-0.2, 0) is 6.54 Å². The predicted molar refractivity (Wildman–Crippen MR) is 84.4 cm³/mol. The SMILES string of the molecule is COc1cc(CNC2CCCCC2C2CCCN2)ccn1. The summed E-state index contributed by atoms with van der Waals surface area (Å²) in [6.45, 7) is 2.11. The van der Waals surface area contributed by atoms with Gasteiger partial charge in [-0.1, -0.05) is 12.8 Å². The standard InChI is InChI=1S/C17H27N3O/c1-21-17-11-13(8-10-19-17)12-20-16-6-3-2-5-14(16)15-7-4-9-18-15/h8,10-11,14-16,18,20H,2-7,9,12H2,1H3. The summed E-state index contributed by atoms with van der Waals surface area (Å²) in [4.78, 5) is 4.17. The summed E-state index contributed by atoms with van der Waals surface area (Å²) in [5, 5.41) is 7.50. The quantitative estimate of drug-likeness (QED) is 0.874. The smallest absolute Gasteiger partial charge is 0.213 e. The normalized spacial score (nSPS) is 29.5. The van der Waals surface area contributed by atoms with Gasteiger partial charge in [-0.15, -0.1) is 0 Å². The maximum atomic E-state index is 5.20. The van der Waals surface area contributed by atoms with Crippen LogP contribution in [-0.4, -0.2) is 30.7 Å². The Morgan fingerprint density at radius 3 is 3.00 bits per heavy atom. The number of pyridine rings is 1. The van der Waals surface area contributed by atoms with Crippen LogP contribution in [0.1, 0.15) is 44.1 Å². The maximum Gasteiger partial charge on any atom is 0.213 e. The second kappa shape index (κ2) is 7.23. The number of nitrogens with zero attached hydrogens (tertiary/aromatic N) is 1. The van der Waals surface area contributed by atoms with Gasteiger partial charge in [0.25, 0.3) is 0 Å². The van der Waals surface area contributed by atoms with E-state index >= 15 is 0 Å². The van der Waals surface area contributed by atoms with Gasteiger partial charge < -0.3 is 15.4 Å². The van der Waals surface area contributed by atoms with Crippen LogP contribution in [0.25, 0.3) is 0 Å². The first-order valence-corrected chi connectivity index (χ1v) is 8.32. The van der Waals surface area contributed by atoms with Crippen molar-refractivity contribution in [2.75, 3.05) is 13.7 Å². The van der Waals surface area contributed by atoms with E-state index in [0.29, 0.717) is 11.9 Å². The van der Waals surface area contributed by atoms with Crippen LogP contribution in [0, 0.1) is 5.92 Å². The van der Waals surface area contributed by atoms with Gasteiger partial charge in [-0.05, 0) is 49.8 Å². The highest BCUT2D eigenvalue weighted by molar-refractivity contribution is 5.20. The van der Waals surface area contributed by atoms with E-state index in [9.17, 15) is 0 Å². The van der Waals surface area contributed by atoms with Gasteiger partial charge in [0, 0.05) is 30.9 Å². The minimum Gasteiger partial charge on any atom is -0.481 e. The van der Waals surface area contributed by atoms with Gasteiger partial charge in [-0.2, -0.15) is 0 Å². The number of ether oxygens (including phenoxy) is 1. The summed E-state index contributed by atoms with van der Waals surface area (Å²) < 4.78 is 5.20. The summed E-state index contributed by atoms with van der Waals surface area (Å²) in [6.07, 6.45) is 9.96. The first kappa shape index (κ1) is 14.8. The van der Waals surface area contributed by atoms with Crippen LogP contribution < -0.4 is 15.4 Å². The molecule has 0 bridgehead atoms. The molecule has 2 N–H and O–H groups in total. The lowest BCUT2D eigenvalue weighted by molar-refractivity contribution is 0.213. The van der Waals surface area contributed by atoms with Crippen LogP contribution in [0.5, 0.6) is 5.88 Å². The fraction of sp³-hybridized carbons (Fsp3) is 0.706. The molecule has 2 heterocycles. The highest BCUT2D eigenvalue weighted by Gasteiger charge is 2.32. The lowest BCUT2D eigenvalue weighted by atomic mass is 9.79. The Morgan fingerprint density at radius 1 is 1.29 bits per heavy atom. The fourth-order valence-corrected chi connectivity index (χ4v) is 3.89. The van der Waals surface area contributed by atoms with Gasteiger partial charge in [0.15, 0.2) is 0 Å². The summed E-state index contributed by atoms with van der Waals surface area (Å²) in [6, 6.07) is 5.48. The lowest BCUT2D eigenvalue weighted by Gasteiger charge is -2.36. The molecule has 1 aromatic heterocycles. The van der Waals surface area contributed by atoms with E-state index in [0.717, 1.165) is 18.5 Å². The van der Waals surface area contributed by atoms with E-state index in [1.165, 1.54) is 50.6 Å². The van der Waals surface area contributed by atoms with Crippen LogP contribution in [0.2, 0.25) is 0 Å². The maximum absolute atomic E-state index is 5.20. The second-order valence-corrected chi connectivity index (χ2v) is 6.35. The molecule has 0 amide bonds. The third-order valence-corrected chi connectivity index (χ3v) is 5.01. The molecule has 3 atom stereocenters. The summed E-state index contributed by atoms with van der Waals surface area (Å²) in [5.74, 6) is 1.50. The molecule has 0 spiro atoms. The molecule has 1 aromatic rings. The fourth-order valence-electron chi connectivity index (χ4n) is 3.89. The Balaban J connectivity index is 1.58. The Morgan fingerprint density at radius 2 is 2.19 bits per heavy atom. The average Bonchev–Trinajstić information content (AvgIpc) is 3.08. The number of hydrogen-bond donors (Lipinski definition) is 2. The number of aromatic nitrogens is 1. The van der Waals surface area contributed by atoms with Crippen molar-refractivity contribution in [3.05, 3.63) is 23.9 Å². The van der Waals surface area contributed by atoms with Gasteiger partial charge in [-0.25, -0.2) is 4.98 Å². The first-order valence-electron chi connectivity index (χ1n) is 8.32. The van der Waals surface area contributed by atoms with Gasteiger partial charge in [0.05, 0.1) is 7.11 Å². The zero-order valence-corrected chi connectivity index (χ0v) is 13.0. The molecule has 3 rings (SSSR count). The molecule has 4 nitrogen and oxygen atoms in total. The minimum absolute atomic E-state index is 0.647. The molecule has 2 aliphatic rings. The summed E-state index contributed by atoms with van der Waals surface area (Å²) in [7, 11) is 1.67. The van der Waals surface area contributed by atoms with Crippen LogP contribution in [0.15, 0.2) is 18.3 Å². The van der Waals surface area contributed by atoms with E-state index in [2.05, 4.69) is 21.7 Å². The van der Waals surface area contributed by atoms with E-state index in [4.69, 9.17) is 4.74 Å². The Bertz CT molecular complexity index is 445. The van der Waals surface area contributed by atoms with Gasteiger partial charge in [0.2, 0.25) is 5.88 Å². The van der Waals surface area contributed by atoms with Crippen molar-refractivity contribution in [3.8, 4) is 5.88 Å². The summed E-state index contributed by atoms with van der Waals surface area (Å²) >= 11 is 0. The molecule has 1 aliphatic heterocycles. The van der Waals surface area contributed by atoms with Crippen LogP contribution in [0.4, 0.5) is 0 Å². The van der Waals surface area contributed by atoms with E-state index in [1.807, 2.05) is 12.3 Å². The van der Waals surface area contributed by atoms with E-state index in [1.54, 1.807) is 7.11 Å². The highest BCUT2D eigenvalue weighted by atomic mass is 16.5. The second-order valence-electron chi connectivity index (χ2n) is 6.35. The van der Waals surface area contributed by atoms with Crippen LogP contribution in [0.3, 0.4) is 0 Å². The Hall–Kier alpha value is -1.13. The highest BCUT2D eigenvalue weighted by Crippen LogP contribution is 2.30. The van der Waals surface area contributed by atoms with Gasteiger partial charge in [-0.3, -0.25) is 0 Å². The minimum atomic E-state index is 0.647. The molecule has 1 aliphatic carbocycles. The zero-order chi connectivity index (χ0) is 14.5. The molecule has 116 valence electrons. The molecular formula is C17H27N3O. The van der Waals surface area contributed by atoms with Crippen LogP contribution >= 0.6 is 0 Å². The molecule has 1 saturated heterocycles.